The summed E-state index contributed by atoms with van der Waals surface area (Å²) in [6.45, 7) is 4.80. The molecule has 0 aromatic carbocycles. The van der Waals surface area contributed by atoms with Gasteiger partial charge in [0.25, 0.3) is 0 Å². The lowest BCUT2D eigenvalue weighted by molar-refractivity contribution is -0.154. The molecule has 0 aliphatic carbocycles. The van der Waals surface area contributed by atoms with Crippen LogP contribution < -0.4 is 0 Å². The lowest BCUT2D eigenvalue weighted by atomic mass is 9.93. The summed E-state index contributed by atoms with van der Waals surface area (Å²) in [6.07, 6.45) is 1.57. The van der Waals surface area contributed by atoms with E-state index in [9.17, 15) is 9.59 Å². The van der Waals surface area contributed by atoms with Crippen LogP contribution in [0.2, 0.25) is 0 Å². The third-order valence-electron chi connectivity index (χ3n) is 3.28. The van der Waals surface area contributed by atoms with Crippen LogP contribution in [-0.4, -0.2) is 48.2 Å². The van der Waals surface area contributed by atoms with E-state index in [2.05, 4.69) is 0 Å². The molecule has 5 nitrogen and oxygen atoms in total. The first-order valence-corrected chi connectivity index (χ1v) is 6.02. The normalized spacial score (nSPS) is 19.1. The second-order valence-electron chi connectivity index (χ2n) is 4.85. The monoisotopic (exact) mass is 243 g/mol. The Morgan fingerprint density at radius 1 is 1.29 bits per heavy atom. The molecule has 1 saturated heterocycles. The van der Waals surface area contributed by atoms with Crippen LogP contribution in [0.3, 0.4) is 0 Å². The van der Waals surface area contributed by atoms with Crippen molar-refractivity contribution in [3.05, 3.63) is 0 Å². The largest absolute Gasteiger partial charge is 0.481 e. The van der Waals surface area contributed by atoms with E-state index in [-0.39, 0.29) is 17.9 Å². The molecule has 17 heavy (non-hydrogen) atoms. The van der Waals surface area contributed by atoms with Crippen molar-refractivity contribution in [1.82, 2.24) is 4.90 Å². The zero-order valence-electron chi connectivity index (χ0n) is 10.7. The van der Waals surface area contributed by atoms with Crippen LogP contribution in [0.15, 0.2) is 0 Å². The first-order chi connectivity index (χ1) is 7.95. The second kappa shape index (κ2) is 6.00. The summed E-state index contributed by atoms with van der Waals surface area (Å²) >= 11 is 0. The third kappa shape index (κ3) is 3.43. The Morgan fingerprint density at radius 3 is 2.24 bits per heavy atom. The maximum Gasteiger partial charge on any atom is 0.316 e. The highest BCUT2D eigenvalue weighted by Gasteiger charge is 2.34. The molecule has 0 aromatic heterocycles. The molecule has 1 N–H and O–H groups in total. The summed E-state index contributed by atoms with van der Waals surface area (Å²) in [5, 5.41) is 9.09. The zero-order valence-corrected chi connectivity index (χ0v) is 10.7. The smallest absolute Gasteiger partial charge is 0.316 e. The minimum absolute atomic E-state index is 0.108. The molecule has 98 valence electrons. The van der Waals surface area contributed by atoms with Gasteiger partial charge in [-0.3, -0.25) is 9.59 Å². The molecule has 1 atom stereocenters. The molecule has 0 spiro atoms. The standard InChI is InChI=1S/C12H21NO4/c1-8(2)10(12(15)16)11(14)13(3)9-4-6-17-7-5-9/h8-10H,4-7H2,1-3H3,(H,15,16). The molecular formula is C12H21NO4. The summed E-state index contributed by atoms with van der Waals surface area (Å²) in [6, 6.07) is 0.108. The molecule has 0 radical (unpaired) electrons. The van der Waals surface area contributed by atoms with Crippen molar-refractivity contribution in [3.63, 3.8) is 0 Å². The van der Waals surface area contributed by atoms with E-state index >= 15 is 0 Å². The first kappa shape index (κ1) is 14.0. The lowest BCUT2D eigenvalue weighted by Gasteiger charge is -2.33. The minimum Gasteiger partial charge on any atom is -0.481 e. The van der Waals surface area contributed by atoms with Gasteiger partial charge in [0.15, 0.2) is 0 Å². The molecule has 0 aromatic rings. The summed E-state index contributed by atoms with van der Waals surface area (Å²) in [5.41, 5.74) is 0. The molecule has 1 rings (SSSR count). The van der Waals surface area contributed by atoms with Crippen molar-refractivity contribution in [2.45, 2.75) is 32.7 Å². The average molecular weight is 243 g/mol. The Bertz CT molecular complexity index is 284. The van der Waals surface area contributed by atoms with Crippen molar-refractivity contribution >= 4 is 11.9 Å². The van der Waals surface area contributed by atoms with Gasteiger partial charge in [-0.2, -0.15) is 0 Å². The Hall–Kier alpha value is -1.10. The number of hydrogen-bond donors (Lipinski definition) is 1. The minimum atomic E-state index is -1.04. The van der Waals surface area contributed by atoms with Crippen molar-refractivity contribution in [3.8, 4) is 0 Å². The van der Waals surface area contributed by atoms with E-state index in [0.717, 1.165) is 12.8 Å². The van der Waals surface area contributed by atoms with E-state index in [4.69, 9.17) is 9.84 Å². The first-order valence-electron chi connectivity index (χ1n) is 6.02. The average Bonchev–Trinajstić information content (AvgIpc) is 2.28. The van der Waals surface area contributed by atoms with Crippen LogP contribution in [-0.2, 0) is 14.3 Å². The van der Waals surface area contributed by atoms with Gasteiger partial charge in [0.1, 0.15) is 5.92 Å². The summed E-state index contributed by atoms with van der Waals surface area (Å²) < 4.78 is 5.23. The maximum atomic E-state index is 12.1. The molecule has 1 heterocycles. The van der Waals surface area contributed by atoms with Gasteiger partial charge >= 0.3 is 5.97 Å². The summed E-state index contributed by atoms with van der Waals surface area (Å²) in [5.74, 6) is -2.46. The lowest BCUT2D eigenvalue weighted by Crippen LogP contribution is -2.46. The van der Waals surface area contributed by atoms with Crippen LogP contribution in [0.5, 0.6) is 0 Å². The van der Waals surface area contributed by atoms with Crippen molar-refractivity contribution < 1.29 is 19.4 Å². The number of carbonyl (C=O) groups is 2. The Balaban J connectivity index is 2.69. The number of nitrogens with zero attached hydrogens (tertiary/aromatic N) is 1. The zero-order chi connectivity index (χ0) is 13.0. The SMILES string of the molecule is CC(C)C(C(=O)O)C(=O)N(C)C1CCOCC1. The quantitative estimate of drug-likeness (QED) is 0.747. The van der Waals surface area contributed by atoms with Gasteiger partial charge < -0.3 is 14.7 Å². The maximum absolute atomic E-state index is 12.1. The predicted molar refractivity (Wildman–Crippen MR) is 62.6 cm³/mol. The van der Waals surface area contributed by atoms with E-state index in [1.807, 2.05) is 0 Å². The number of carboxylic acid groups (broad SMARTS) is 1. The van der Waals surface area contributed by atoms with Gasteiger partial charge in [-0.05, 0) is 18.8 Å². The predicted octanol–water partition coefficient (Wildman–Crippen LogP) is 0.981. The van der Waals surface area contributed by atoms with Gasteiger partial charge in [-0.15, -0.1) is 0 Å². The van der Waals surface area contributed by atoms with Crippen LogP contribution in [0, 0.1) is 11.8 Å². The van der Waals surface area contributed by atoms with E-state index in [1.165, 1.54) is 0 Å². The number of carbonyl (C=O) groups excluding carboxylic acids is 1. The fourth-order valence-corrected chi connectivity index (χ4v) is 2.15. The number of aliphatic carboxylic acids is 1. The van der Waals surface area contributed by atoms with E-state index in [0.29, 0.717) is 13.2 Å². The summed E-state index contributed by atoms with van der Waals surface area (Å²) in [7, 11) is 1.69. The molecule has 0 saturated carbocycles. The van der Waals surface area contributed by atoms with Crippen LogP contribution in [0.4, 0.5) is 0 Å². The van der Waals surface area contributed by atoms with E-state index in [1.54, 1.807) is 25.8 Å². The van der Waals surface area contributed by atoms with E-state index < -0.39 is 11.9 Å². The van der Waals surface area contributed by atoms with Gasteiger partial charge in [0, 0.05) is 26.3 Å². The molecule has 1 amide bonds. The molecule has 5 heteroatoms. The fraction of sp³-hybridized carbons (Fsp3) is 0.833. The molecule has 0 bridgehead atoms. The Labute approximate surface area is 102 Å². The van der Waals surface area contributed by atoms with Crippen LogP contribution in [0.25, 0.3) is 0 Å². The topological polar surface area (TPSA) is 66.8 Å². The van der Waals surface area contributed by atoms with Crippen LogP contribution in [0.1, 0.15) is 26.7 Å². The van der Waals surface area contributed by atoms with Crippen molar-refractivity contribution in [1.29, 1.82) is 0 Å². The number of amides is 1. The molecule has 1 aliphatic heterocycles. The molecular weight excluding hydrogens is 222 g/mol. The van der Waals surface area contributed by atoms with Crippen LogP contribution >= 0.6 is 0 Å². The van der Waals surface area contributed by atoms with Crippen molar-refractivity contribution in [2.24, 2.45) is 11.8 Å². The number of carboxylic acids is 1. The molecule has 1 fully saturated rings. The highest BCUT2D eigenvalue weighted by Crippen LogP contribution is 2.19. The van der Waals surface area contributed by atoms with Gasteiger partial charge in [-0.1, -0.05) is 13.8 Å². The highest BCUT2D eigenvalue weighted by atomic mass is 16.5. The van der Waals surface area contributed by atoms with Gasteiger partial charge in [-0.25, -0.2) is 0 Å². The van der Waals surface area contributed by atoms with Crippen molar-refractivity contribution in [2.75, 3.05) is 20.3 Å². The molecule has 1 unspecified atom stereocenters. The number of hydrogen-bond acceptors (Lipinski definition) is 3. The number of ether oxygens (including phenoxy) is 1. The third-order valence-corrected chi connectivity index (χ3v) is 3.28. The highest BCUT2D eigenvalue weighted by molar-refractivity contribution is 5.97. The number of rotatable bonds is 4. The summed E-state index contributed by atoms with van der Waals surface area (Å²) in [4.78, 5) is 24.8. The Kier molecular flexibility index (Phi) is 4.93. The second-order valence-corrected chi connectivity index (χ2v) is 4.85. The Morgan fingerprint density at radius 2 is 1.82 bits per heavy atom. The van der Waals surface area contributed by atoms with Gasteiger partial charge in [0.05, 0.1) is 0 Å². The molecule has 1 aliphatic rings. The van der Waals surface area contributed by atoms with Gasteiger partial charge in [0.2, 0.25) is 5.91 Å². The fourth-order valence-electron chi connectivity index (χ4n) is 2.15.